The molecule has 20 heavy (non-hydrogen) atoms. The van der Waals surface area contributed by atoms with Crippen LogP contribution >= 0.6 is 0 Å². The van der Waals surface area contributed by atoms with Gasteiger partial charge >= 0.3 is 5.97 Å². The van der Waals surface area contributed by atoms with E-state index in [2.05, 4.69) is 25.1 Å². The second-order valence-corrected chi connectivity index (χ2v) is 5.63. The average molecular weight is 272 g/mol. The fourth-order valence-corrected chi connectivity index (χ4v) is 2.81. The molecule has 0 saturated heterocycles. The summed E-state index contributed by atoms with van der Waals surface area (Å²) in [6, 6.07) is 7.86. The maximum atomic E-state index is 10.9. The lowest BCUT2D eigenvalue weighted by atomic mass is 9.84. The predicted molar refractivity (Wildman–Crippen MR) is 82.6 cm³/mol. The Labute approximate surface area is 121 Å². The molecule has 1 aliphatic carbocycles. The number of carbonyl (C=O) groups excluding carboxylic acids is 1. The number of allylic oxidation sites excluding steroid dienone is 2. The summed E-state index contributed by atoms with van der Waals surface area (Å²) in [6.45, 7) is 3.68. The van der Waals surface area contributed by atoms with Crippen molar-refractivity contribution >= 4 is 11.5 Å². The van der Waals surface area contributed by atoms with E-state index in [1.807, 2.05) is 12.1 Å². The Balaban J connectivity index is 1.95. The molecule has 0 radical (unpaired) electrons. The molecule has 2 nitrogen and oxygen atoms in total. The maximum Gasteiger partial charge on any atom is 0.308 e. The van der Waals surface area contributed by atoms with Crippen molar-refractivity contribution in [1.82, 2.24) is 0 Å². The molecule has 0 saturated carbocycles. The van der Waals surface area contributed by atoms with Crippen LogP contribution in [-0.4, -0.2) is 5.97 Å². The molecular weight excluding hydrogens is 248 g/mol. The van der Waals surface area contributed by atoms with Crippen molar-refractivity contribution in [2.45, 2.75) is 52.4 Å². The second-order valence-electron chi connectivity index (χ2n) is 5.63. The number of hydrogen-bond acceptors (Lipinski definition) is 2. The lowest BCUT2D eigenvalue weighted by molar-refractivity contribution is -0.131. The normalized spacial score (nSPS) is 18.5. The Kier molecular flexibility index (Phi) is 5.40. The Morgan fingerprint density at radius 1 is 1.30 bits per heavy atom. The Bertz CT molecular complexity index is 471. The summed E-state index contributed by atoms with van der Waals surface area (Å²) in [7, 11) is 0. The fourth-order valence-electron chi connectivity index (χ4n) is 2.81. The van der Waals surface area contributed by atoms with E-state index < -0.39 is 0 Å². The summed E-state index contributed by atoms with van der Waals surface area (Å²) in [4.78, 5) is 10.9. The van der Waals surface area contributed by atoms with Crippen LogP contribution in [0.4, 0.5) is 0 Å². The first-order valence-corrected chi connectivity index (χ1v) is 7.67. The summed E-state index contributed by atoms with van der Waals surface area (Å²) in [5.41, 5.74) is 2.70. The van der Waals surface area contributed by atoms with Crippen LogP contribution in [0.3, 0.4) is 0 Å². The SMILES string of the molecule is CCCCC1CC=C(c2ccc(OC(C)=O)cc2)CC1. The van der Waals surface area contributed by atoms with E-state index in [-0.39, 0.29) is 5.97 Å². The number of hydrogen-bond donors (Lipinski definition) is 0. The third-order valence-corrected chi connectivity index (χ3v) is 3.97. The van der Waals surface area contributed by atoms with Crippen LogP contribution in [0.1, 0.15) is 57.9 Å². The topological polar surface area (TPSA) is 26.3 Å². The minimum absolute atomic E-state index is 0.270. The summed E-state index contributed by atoms with van der Waals surface area (Å²) in [6.07, 6.45) is 10.1. The highest BCUT2D eigenvalue weighted by Gasteiger charge is 2.15. The van der Waals surface area contributed by atoms with E-state index in [1.54, 1.807) is 0 Å². The molecule has 0 N–H and O–H groups in total. The largest absolute Gasteiger partial charge is 0.427 e. The van der Waals surface area contributed by atoms with Crippen molar-refractivity contribution in [2.24, 2.45) is 5.92 Å². The van der Waals surface area contributed by atoms with Crippen molar-refractivity contribution < 1.29 is 9.53 Å². The molecule has 1 aromatic carbocycles. The van der Waals surface area contributed by atoms with Crippen LogP contribution in [0.5, 0.6) is 5.75 Å². The van der Waals surface area contributed by atoms with Gasteiger partial charge in [-0.1, -0.05) is 44.4 Å². The van der Waals surface area contributed by atoms with E-state index in [9.17, 15) is 4.79 Å². The van der Waals surface area contributed by atoms with Gasteiger partial charge in [-0.15, -0.1) is 0 Å². The fraction of sp³-hybridized carbons (Fsp3) is 0.500. The zero-order valence-corrected chi connectivity index (χ0v) is 12.5. The molecule has 0 spiro atoms. The molecule has 1 atom stereocenters. The predicted octanol–water partition coefficient (Wildman–Crippen LogP) is 4.99. The molecule has 1 aliphatic rings. The van der Waals surface area contributed by atoms with E-state index in [1.165, 1.54) is 56.6 Å². The number of benzene rings is 1. The summed E-state index contributed by atoms with van der Waals surface area (Å²) in [5.74, 6) is 1.23. The van der Waals surface area contributed by atoms with Crippen LogP contribution in [0.15, 0.2) is 30.3 Å². The zero-order chi connectivity index (χ0) is 14.4. The Morgan fingerprint density at radius 2 is 2.05 bits per heavy atom. The molecule has 1 aromatic rings. The van der Waals surface area contributed by atoms with Gasteiger partial charge < -0.3 is 4.74 Å². The first kappa shape index (κ1) is 14.8. The monoisotopic (exact) mass is 272 g/mol. The highest BCUT2D eigenvalue weighted by molar-refractivity contribution is 5.70. The van der Waals surface area contributed by atoms with Crippen molar-refractivity contribution in [1.29, 1.82) is 0 Å². The maximum absolute atomic E-state index is 10.9. The van der Waals surface area contributed by atoms with E-state index in [0.717, 1.165) is 5.92 Å². The van der Waals surface area contributed by atoms with Crippen molar-refractivity contribution in [3.63, 3.8) is 0 Å². The molecule has 2 heteroatoms. The number of esters is 1. The van der Waals surface area contributed by atoms with E-state index >= 15 is 0 Å². The quantitative estimate of drug-likeness (QED) is 0.558. The second kappa shape index (κ2) is 7.28. The van der Waals surface area contributed by atoms with Gasteiger partial charge in [0.25, 0.3) is 0 Å². The van der Waals surface area contributed by atoms with Gasteiger partial charge in [-0.2, -0.15) is 0 Å². The lowest BCUT2D eigenvalue weighted by Gasteiger charge is -2.22. The minimum Gasteiger partial charge on any atom is -0.427 e. The Hall–Kier alpha value is -1.57. The minimum atomic E-state index is -0.270. The summed E-state index contributed by atoms with van der Waals surface area (Å²) >= 11 is 0. The highest BCUT2D eigenvalue weighted by atomic mass is 16.5. The number of unbranched alkanes of at least 4 members (excludes halogenated alkanes) is 1. The van der Waals surface area contributed by atoms with Gasteiger partial charge in [-0.25, -0.2) is 0 Å². The van der Waals surface area contributed by atoms with Gasteiger partial charge in [-0.3, -0.25) is 4.79 Å². The van der Waals surface area contributed by atoms with Crippen LogP contribution in [-0.2, 0) is 4.79 Å². The van der Waals surface area contributed by atoms with Crippen LogP contribution in [0, 0.1) is 5.92 Å². The molecule has 1 unspecified atom stereocenters. The van der Waals surface area contributed by atoms with Gasteiger partial charge in [-0.05, 0) is 48.4 Å². The third kappa shape index (κ3) is 4.22. The van der Waals surface area contributed by atoms with Crippen LogP contribution in [0.25, 0.3) is 5.57 Å². The van der Waals surface area contributed by atoms with Gasteiger partial charge in [0.15, 0.2) is 0 Å². The summed E-state index contributed by atoms with van der Waals surface area (Å²) in [5, 5.41) is 0. The molecule has 2 rings (SSSR count). The standard InChI is InChI=1S/C18H24O2/c1-3-4-5-15-6-8-16(9-7-15)17-10-12-18(13-11-17)20-14(2)19/h8,10-13,15H,3-7,9H2,1-2H3. The van der Waals surface area contributed by atoms with Gasteiger partial charge in [0, 0.05) is 6.92 Å². The number of rotatable bonds is 5. The molecule has 0 aliphatic heterocycles. The van der Waals surface area contributed by atoms with E-state index in [4.69, 9.17) is 4.74 Å². The van der Waals surface area contributed by atoms with Gasteiger partial charge in [0.1, 0.15) is 5.75 Å². The third-order valence-electron chi connectivity index (χ3n) is 3.97. The van der Waals surface area contributed by atoms with Crippen LogP contribution < -0.4 is 4.74 Å². The molecule has 108 valence electrons. The van der Waals surface area contributed by atoms with Crippen LogP contribution in [0.2, 0.25) is 0 Å². The molecule has 0 bridgehead atoms. The summed E-state index contributed by atoms with van der Waals surface area (Å²) < 4.78 is 5.06. The molecule has 0 heterocycles. The van der Waals surface area contributed by atoms with Crippen molar-refractivity contribution in [3.05, 3.63) is 35.9 Å². The number of ether oxygens (including phenoxy) is 1. The van der Waals surface area contributed by atoms with Gasteiger partial charge in [0.2, 0.25) is 0 Å². The molecule has 0 aromatic heterocycles. The lowest BCUT2D eigenvalue weighted by Crippen LogP contribution is -2.05. The Morgan fingerprint density at radius 3 is 2.60 bits per heavy atom. The number of carbonyl (C=O) groups is 1. The molecule has 0 amide bonds. The molecular formula is C18H24O2. The highest BCUT2D eigenvalue weighted by Crippen LogP contribution is 2.33. The average Bonchev–Trinajstić information content (AvgIpc) is 2.46. The first-order valence-electron chi connectivity index (χ1n) is 7.67. The molecule has 0 fully saturated rings. The van der Waals surface area contributed by atoms with Crippen molar-refractivity contribution in [2.75, 3.05) is 0 Å². The zero-order valence-electron chi connectivity index (χ0n) is 12.5. The van der Waals surface area contributed by atoms with Crippen molar-refractivity contribution in [3.8, 4) is 5.75 Å². The first-order chi connectivity index (χ1) is 9.69. The van der Waals surface area contributed by atoms with E-state index in [0.29, 0.717) is 5.75 Å². The smallest absolute Gasteiger partial charge is 0.308 e. The van der Waals surface area contributed by atoms with Gasteiger partial charge in [0.05, 0.1) is 0 Å².